The maximum Gasteiger partial charge on any atom is 0.246 e. The fourth-order valence-corrected chi connectivity index (χ4v) is 10.1. The van der Waals surface area contributed by atoms with E-state index in [0.717, 1.165) is 51.4 Å². The van der Waals surface area contributed by atoms with Crippen molar-refractivity contribution in [3.63, 3.8) is 0 Å². The minimum atomic E-state index is -1.14. The maximum absolute atomic E-state index is 12.7. The number of phenols is 1. The summed E-state index contributed by atoms with van der Waals surface area (Å²) in [7, 11) is 0. The third kappa shape index (κ3) is 10.6. The Bertz CT molecular complexity index is 1370. The van der Waals surface area contributed by atoms with Crippen LogP contribution in [0.25, 0.3) is 0 Å². The van der Waals surface area contributed by atoms with E-state index in [4.69, 9.17) is 18.9 Å². The molecule has 1 amide bonds. The first-order valence-corrected chi connectivity index (χ1v) is 20.4. The zero-order valence-electron chi connectivity index (χ0n) is 33.3. The van der Waals surface area contributed by atoms with Crippen LogP contribution < -0.4 is 5.32 Å². The van der Waals surface area contributed by atoms with Crippen molar-refractivity contribution in [1.29, 1.82) is 0 Å². The Kier molecular flexibility index (Phi) is 15.4. The summed E-state index contributed by atoms with van der Waals surface area (Å²) in [5.74, 6) is 2.07. The smallest absolute Gasteiger partial charge is 0.246 e. The summed E-state index contributed by atoms with van der Waals surface area (Å²) < 4.78 is 22.6. The largest absolute Gasteiger partial charge is 0.508 e. The monoisotopic (exact) mass is 760 g/mol. The molecule has 5 N–H and O–H groups in total. The van der Waals surface area contributed by atoms with Crippen LogP contribution in [-0.4, -0.2) is 127 Å². The van der Waals surface area contributed by atoms with E-state index >= 15 is 0 Å². The zero-order valence-corrected chi connectivity index (χ0v) is 33.3. The summed E-state index contributed by atoms with van der Waals surface area (Å²) >= 11 is 0. The fraction of sp³-hybridized carbons (Fsp3) is 0.810. The van der Waals surface area contributed by atoms with E-state index in [1.165, 1.54) is 18.1 Å². The highest BCUT2D eigenvalue weighted by molar-refractivity contribution is 5.82. The number of amides is 1. The van der Waals surface area contributed by atoms with E-state index < -0.39 is 29.8 Å². The zero-order chi connectivity index (χ0) is 39.0. The highest BCUT2D eigenvalue weighted by Gasteiger charge is 2.56. The molecule has 1 aromatic carbocycles. The van der Waals surface area contributed by atoms with Crippen LogP contribution in [0.2, 0.25) is 0 Å². The van der Waals surface area contributed by atoms with Crippen LogP contribution in [0.1, 0.15) is 103 Å². The second-order valence-electron chi connectivity index (χ2n) is 17.7. The van der Waals surface area contributed by atoms with Crippen molar-refractivity contribution < 1.29 is 49.0 Å². The van der Waals surface area contributed by atoms with Crippen molar-refractivity contribution in [3.8, 4) is 5.75 Å². The molecule has 10 atom stereocenters. The predicted octanol–water partition coefficient (Wildman–Crippen LogP) is 3.95. The van der Waals surface area contributed by atoms with Crippen LogP contribution in [0.15, 0.2) is 18.2 Å². The van der Waals surface area contributed by atoms with Crippen LogP contribution in [0.3, 0.4) is 0 Å². The first-order chi connectivity index (χ1) is 25.7. The molecule has 0 radical (unpaired) electrons. The molecule has 1 unspecified atom stereocenters. The molecule has 1 aliphatic heterocycles. The van der Waals surface area contributed by atoms with Crippen molar-refractivity contribution in [1.82, 2.24) is 10.2 Å². The normalized spacial score (nSPS) is 30.7. The van der Waals surface area contributed by atoms with E-state index in [1.54, 1.807) is 4.90 Å². The molecule has 0 spiro atoms. The number of rotatable bonds is 20. The Morgan fingerprint density at radius 1 is 0.963 bits per heavy atom. The number of aromatic hydroxyl groups is 1. The molecule has 0 aromatic heterocycles. The summed E-state index contributed by atoms with van der Waals surface area (Å²) in [6.45, 7) is 12.5. The first-order valence-electron chi connectivity index (χ1n) is 20.4. The molecular weight excluding hydrogens is 692 g/mol. The molecule has 12 nitrogen and oxygen atoms in total. The molecular formula is C42H68N2O10. The molecule has 2 saturated carbocycles. The first kappa shape index (κ1) is 43.0. The Labute approximate surface area is 322 Å². The van der Waals surface area contributed by atoms with E-state index in [1.807, 2.05) is 32.9 Å². The molecule has 3 fully saturated rings. The Balaban J connectivity index is 0.898. The van der Waals surface area contributed by atoms with Gasteiger partial charge in [0.05, 0.1) is 63.9 Å². The number of fused-ring (bicyclic) bond motifs is 5. The van der Waals surface area contributed by atoms with Gasteiger partial charge in [-0.1, -0.05) is 40.2 Å². The number of nitrogens with one attached hydrogen (secondary N) is 1. The number of likely N-dealkylation sites (tertiary alicyclic amines) is 1. The number of ether oxygens (including phenoxy) is 4. The van der Waals surface area contributed by atoms with E-state index in [2.05, 4.69) is 18.3 Å². The van der Waals surface area contributed by atoms with E-state index in [-0.39, 0.29) is 49.4 Å². The molecule has 12 heteroatoms. The molecule has 1 heterocycles. The van der Waals surface area contributed by atoms with Crippen LogP contribution in [-0.2, 0) is 35.0 Å². The van der Waals surface area contributed by atoms with Crippen molar-refractivity contribution in [3.05, 3.63) is 29.3 Å². The van der Waals surface area contributed by atoms with E-state index in [0.29, 0.717) is 69.1 Å². The minimum Gasteiger partial charge on any atom is -0.508 e. The van der Waals surface area contributed by atoms with Gasteiger partial charge in [-0.25, -0.2) is 0 Å². The molecule has 0 bridgehead atoms. The number of unbranched alkanes of at least 4 members (excludes halogenated alkanes) is 1. The average Bonchev–Trinajstić information content (AvgIpc) is 3.66. The number of carbonyl (C=O) groups excluding carboxylic acids is 2. The van der Waals surface area contributed by atoms with Crippen LogP contribution in [0, 0.1) is 28.6 Å². The number of ketones is 1. The van der Waals surface area contributed by atoms with Gasteiger partial charge in [0.25, 0.3) is 0 Å². The van der Waals surface area contributed by atoms with Gasteiger partial charge in [-0.05, 0) is 116 Å². The molecule has 5 rings (SSSR count). The molecule has 54 heavy (non-hydrogen) atoms. The number of benzene rings is 1. The lowest BCUT2D eigenvalue weighted by atomic mass is 9.52. The lowest BCUT2D eigenvalue weighted by Crippen LogP contribution is -2.59. The summed E-state index contributed by atoms with van der Waals surface area (Å²) in [6, 6.07) is 4.71. The summed E-state index contributed by atoms with van der Waals surface area (Å²) in [4.78, 5) is 26.3. The van der Waals surface area contributed by atoms with Crippen molar-refractivity contribution in [2.24, 2.45) is 28.6 Å². The number of Topliss-reactive ketones (excluding diaryl/α,β-unsaturated/α-hetero) is 1. The number of aliphatic hydroxyl groups excluding tert-OH is 3. The number of nitrogens with zero attached hydrogens (tertiary/aromatic N) is 1. The summed E-state index contributed by atoms with van der Waals surface area (Å²) in [6.07, 6.45) is 6.69. The van der Waals surface area contributed by atoms with Gasteiger partial charge < -0.3 is 44.7 Å². The number of phenolic OH excluding ortho intramolecular Hbond substituents is 1. The number of β-amino-alcohol motifs (C(OH)–C–C–N with tert-alkyl or cyclic N) is 1. The van der Waals surface area contributed by atoms with E-state index in [9.17, 15) is 30.0 Å². The lowest BCUT2D eigenvalue weighted by Gasteiger charge is -2.53. The second-order valence-corrected chi connectivity index (χ2v) is 17.7. The van der Waals surface area contributed by atoms with Gasteiger partial charge in [0.2, 0.25) is 5.91 Å². The topological polar surface area (TPSA) is 167 Å². The highest BCUT2D eigenvalue weighted by Crippen LogP contribution is 2.62. The second kappa shape index (κ2) is 19.3. The maximum atomic E-state index is 12.7. The van der Waals surface area contributed by atoms with Gasteiger partial charge in [-0.15, -0.1) is 0 Å². The highest BCUT2D eigenvalue weighted by atomic mass is 16.6. The third-order valence-corrected chi connectivity index (χ3v) is 13.0. The average molecular weight is 761 g/mol. The minimum absolute atomic E-state index is 0.0288. The van der Waals surface area contributed by atoms with Gasteiger partial charge >= 0.3 is 0 Å². The number of carbonyl (C=O) groups is 2. The Hall–Kier alpha value is -2.16. The summed E-state index contributed by atoms with van der Waals surface area (Å²) in [5, 5.41) is 45.2. The molecule has 1 aromatic rings. The Morgan fingerprint density at radius 3 is 2.30 bits per heavy atom. The lowest BCUT2D eigenvalue weighted by molar-refractivity contribution is -0.135. The third-order valence-electron chi connectivity index (χ3n) is 13.0. The van der Waals surface area contributed by atoms with Gasteiger partial charge in [-0.3, -0.25) is 14.5 Å². The predicted molar refractivity (Wildman–Crippen MR) is 204 cm³/mol. The SMILES string of the molecule is CC(=O)[C@@H]1C[C@@H](O)CN1C(O)[C@@H](NC(=O)COCCOCCOCCOCCCC[C@@H]1Cc2cc(O)ccc2[C@H]2CC[C@]3(C)[C@@H](O)CC[C@H]3[C@H]12)C(C)(C)C. The van der Waals surface area contributed by atoms with Crippen molar-refractivity contribution in [2.75, 3.05) is 59.4 Å². The number of aliphatic hydroxyl groups is 3. The van der Waals surface area contributed by atoms with Gasteiger partial charge in [-0.2, -0.15) is 0 Å². The van der Waals surface area contributed by atoms with Crippen LogP contribution in [0.5, 0.6) is 5.75 Å². The molecule has 4 aliphatic rings. The van der Waals surface area contributed by atoms with Gasteiger partial charge in [0, 0.05) is 13.2 Å². The molecule has 306 valence electrons. The number of hydrogen-bond donors (Lipinski definition) is 5. The Morgan fingerprint density at radius 2 is 1.63 bits per heavy atom. The fourth-order valence-electron chi connectivity index (χ4n) is 10.1. The van der Waals surface area contributed by atoms with Crippen molar-refractivity contribution >= 4 is 11.7 Å². The molecule has 3 aliphatic carbocycles. The molecule has 1 saturated heterocycles. The quantitative estimate of drug-likeness (QED) is 0.122. The standard InChI is InChI=1S/C42H68N2O10/c1-27(45)35-24-31(47)25-44(35)40(50)39(41(2,3)4)43-37(49)26-54-21-20-53-19-18-52-17-16-51-15-7-6-8-28-22-29-23-30(46)9-10-32(29)33-13-14-42(5)34(38(28)33)11-12-36(42)48/h9-10,23,28,31,33-36,38-40,46-48,50H,6-8,11-22,24-26H2,1-5H3,(H,43,49)/t28-,31-,33-,34+,35+,36+,38-,39-,40?,42+/m1/s1. The summed E-state index contributed by atoms with van der Waals surface area (Å²) in [5.41, 5.74) is 2.25. The van der Waals surface area contributed by atoms with Crippen LogP contribution in [0.4, 0.5) is 0 Å². The van der Waals surface area contributed by atoms with Crippen molar-refractivity contribution in [2.45, 2.75) is 129 Å². The van der Waals surface area contributed by atoms with Crippen LogP contribution >= 0.6 is 0 Å². The number of hydrogen-bond acceptors (Lipinski definition) is 11. The van der Waals surface area contributed by atoms with Gasteiger partial charge in [0.1, 0.15) is 24.4 Å². The van der Waals surface area contributed by atoms with Gasteiger partial charge in [0.15, 0.2) is 0 Å².